The molecule has 0 aromatic heterocycles. The molecule has 0 radical (unpaired) electrons. The van der Waals surface area contributed by atoms with Gasteiger partial charge >= 0.3 is 11.9 Å². The molecule has 0 spiro atoms. The standard InChI is InChI=1S/C10H18O5/c1-4-15-10(13)8(9(11)12)7(2)5-6-14-3/h7-8H,4-6H2,1-3H3,(H,11,12). The Kier molecular flexibility index (Phi) is 6.70. The van der Waals surface area contributed by atoms with Crippen LogP contribution in [0.5, 0.6) is 0 Å². The molecule has 0 aliphatic heterocycles. The van der Waals surface area contributed by atoms with Gasteiger partial charge < -0.3 is 14.6 Å². The lowest BCUT2D eigenvalue weighted by Gasteiger charge is -2.17. The zero-order chi connectivity index (χ0) is 11.8. The molecular formula is C10H18O5. The van der Waals surface area contributed by atoms with Crippen molar-refractivity contribution in [1.29, 1.82) is 0 Å². The van der Waals surface area contributed by atoms with Crippen molar-refractivity contribution in [2.75, 3.05) is 20.3 Å². The number of esters is 1. The van der Waals surface area contributed by atoms with Crippen LogP contribution in [0, 0.1) is 11.8 Å². The summed E-state index contributed by atoms with van der Waals surface area (Å²) in [6, 6.07) is 0. The van der Waals surface area contributed by atoms with E-state index >= 15 is 0 Å². The molecule has 88 valence electrons. The van der Waals surface area contributed by atoms with Crippen molar-refractivity contribution in [3.05, 3.63) is 0 Å². The average Bonchev–Trinajstić information content (AvgIpc) is 2.14. The molecule has 0 rings (SSSR count). The zero-order valence-electron chi connectivity index (χ0n) is 9.36. The van der Waals surface area contributed by atoms with E-state index in [9.17, 15) is 9.59 Å². The zero-order valence-corrected chi connectivity index (χ0v) is 9.36. The maximum absolute atomic E-state index is 11.3. The van der Waals surface area contributed by atoms with Crippen LogP contribution in [0.4, 0.5) is 0 Å². The van der Waals surface area contributed by atoms with Gasteiger partial charge in [-0.25, -0.2) is 0 Å². The fraction of sp³-hybridized carbons (Fsp3) is 0.800. The third-order valence-corrected chi connectivity index (χ3v) is 2.15. The highest BCUT2D eigenvalue weighted by atomic mass is 16.5. The Hall–Kier alpha value is -1.10. The van der Waals surface area contributed by atoms with E-state index in [-0.39, 0.29) is 12.5 Å². The van der Waals surface area contributed by atoms with Gasteiger partial charge in [-0.05, 0) is 19.3 Å². The second-order valence-corrected chi connectivity index (χ2v) is 3.33. The van der Waals surface area contributed by atoms with Gasteiger partial charge in [0.05, 0.1) is 6.61 Å². The van der Waals surface area contributed by atoms with Crippen LogP contribution < -0.4 is 0 Å². The van der Waals surface area contributed by atoms with Crippen LogP contribution >= 0.6 is 0 Å². The summed E-state index contributed by atoms with van der Waals surface area (Å²) >= 11 is 0. The predicted octanol–water partition coefficient (Wildman–Crippen LogP) is 0.923. The van der Waals surface area contributed by atoms with Crippen molar-refractivity contribution in [3.8, 4) is 0 Å². The summed E-state index contributed by atoms with van der Waals surface area (Å²) in [6.45, 7) is 3.98. The van der Waals surface area contributed by atoms with Crippen LogP contribution in [0.15, 0.2) is 0 Å². The molecule has 0 aliphatic carbocycles. The first-order chi connectivity index (χ1) is 7.04. The van der Waals surface area contributed by atoms with Crippen molar-refractivity contribution in [1.82, 2.24) is 0 Å². The van der Waals surface area contributed by atoms with Gasteiger partial charge in [-0.15, -0.1) is 0 Å². The van der Waals surface area contributed by atoms with Crippen molar-refractivity contribution in [3.63, 3.8) is 0 Å². The van der Waals surface area contributed by atoms with E-state index < -0.39 is 17.9 Å². The summed E-state index contributed by atoms with van der Waals surface area (Å²) in [5, 5.41) is 8.90. The average molecular weight is 218 g/mol. The molecule has 0 aromatic carbocycles. The Morgan fingerprint density at radius 2 is 2.00 bits per heavy atom. The first-order valence-corrected chi connectivity index (χ1v) is 4.92. The van der Waals surface area contributed by atoms with E-state index in [0.29, 0.717) is 13.0 Å². The number of hydrogen-bond acceptors (Lipinski definition) is 4. The second-order valence-electron chi connectivity index (χ2n) is 3.33. The highest BCUT2D eigenvalue weighted by Gasteiger charge is 2.33. The summed E-state index contributed by atoms with van der Waals surface area (Å²) in [6.07, 6.45) is 0.520. The summed E-state index contributed by atoms with van der Waals surface area (Å²) in [4.78, 5) is 22.2. The lowest BCUT2D eigenvalue weighted by Crippen LogP contribution is -2.32. The number of ether oxygens (including phenoxy) is 2. The number of methoxy groups -OCH3 is 1. The molecule has 2 unspecified atom stereocenters. The predicted molar refractivity (Wildman–Crippen MR) is 53.4 cm³/mol. The number of aliphatic carboxylic acids is 1. The maximum Gasteiger partial charge on any atom is 0.320 e. The molecule has 0 heterocycles. The number of carbonyl (C=O) groups is 2. The van der Waals surface area contributed by atoms with Crippen molar-refractivity contribution < 1.29 is 24.2 Å². The van der Waals surface area contributed by atoms with Gasteiger partial charge in [0.1, 0.15) is 0 Å². The Morgan fingerprint density at radius 1 is 1.40 bits per heavy atom. The Labute approximate surface area is 89.4 Å². The molecule has 15 heavy (non-hydrogen) atoms. The van der Waals surface area contributed by atoms with E-state index in [1.807, 2.05) is 0 Å². The quantitative estimate of drug-likeness (QED) is 0.508. The molecule has 0 saturated carbocycles. The molecule has 5 nitrogen and oxygen atoms in total. The SMILES string of the molecule is CCOC(=O)C(C(=O)O)C(C)CCOC. The van der Waals surface area contributed by atoms with Crippen LogP contribution in [0.3, 0.4) is 0 Å². The second kappa shape index (κ2) is 7.23. The third-order valence-electron chi connectivity index (χ3n) is 2.15. The van der Waals surface area contributed by atoms with Crippen LogP contribution in [0.1, 0.15) is 20.3 Å². The van der Waals surface area contributed by atoms with Gasteiger partial charge in [0.2, 0.25) is 0 Å². The van der Waals surface area contributed by atoms with Crippen LogP contribution in [-0.2, 0) is 19.1 Å². The summed E-state index contributed by atoms with van der Waals surface area (Å²) in [5.74, 6) is -3.20. The highest BCUT2D eigenvalue weighted by Crippen LogP contribution is 2.17. The van der Waals surface area contributed by atoms with Gasteiger partial charge in [-0.1, -0.05) is 6.92 Å². The lowest BCUT2D eigenvalue weighted by molar-refractivity contribution is -0.161. The highest BCUT2D eigenvalue weighted by molar-refractivity contribution is 5.94. The van der Waals surface area contributed by atoms with E-state index in [1.165, 1.54) is 7.11 Å². The minimum Gasteiger partial charge on any atom is -0.481 e. The smallest absolute Gasteiger partial charge is 0.320 e. The van der Waals surface area contributed by atoms with E-state index in [2.05, 4.69) is 0 Å². The Balaban J connectivity index is 4.37. The van der Waals surface area contributed by atoms with Gasteiger partial charge in [0, 0.05) is 13.7 Å². The first kappa shape index (κ1) is 13.9. The van der Waals surface area contributed by atoms with E-state index in [4.69, 9.17) is 14.6 Å². The minimum atomic E-state index is -1.14. The summed E-state index contributed by atoms with van der Waals surface area (Å²) in [7, 11) is 1.53. The van der Waals surface area contributed by atoms with Crippen LogP contribution in [0.2, 0.25) is 0 Å². The Morgan fingerprint density at radius 3 is 2.40 bits per heavy atom. The summed E-state index contributed by atoms with van der Waals surface area (Å²) in [5.41, 5.74) is 0. The number of hydrogen-bond donors (Lipinski definition) is 1. The molecule has 0 saturated heterocycles. The maximum atomic E-state index is 11.3. The van der Waals surface area contributed by atoms with Gasteiger partial charge in [-0.3, -0.25) is 9.59 Å². The largest absolute Gasteiger partial charge is 0.481 e. The van der Waals surface area contributed by atoms with Crippen molar-refractivity contribution in [2.45, 2.75) is 20.3 Å². The molecule has 0 fully saturated rings. The molecule has 5 heteroatoms. The normalized spacial score (nSPS) is 14.3. The van der Waals surface area contributed by atoms with Crippen LogP contribution in [-0.4, -0.2) is 37.4 Å². The van der Waals surface area contributed by atoms with E-state index in [0.717, 1.165) is 0 Å². The number of carboxylic acids is 1. The summed E-state index contributed by atoms with van der Waals surface area (Å²) < 4.78 is 9.54. The van der Waals surface area contributed by atoms with Crippen molar-refractivity contribution in [2.24, 2.45) is 11.8 Å². The molecule has 0 bridgehead atoms. The fourth-order valence-corrected chi connectivity index (χ4v) is 1.28. The molecule has 0 amide bonds. The molecule has 0 aromatic rings. The van der Waals surface area contributed by atoms with Gasteiger partial charge in [0.15, 0.2) is 5.92 Å². The van der Waals surface area contributed by atoms with Gasteiger partial charge in [0.25, 0.3) is 0 Å². The van der Waals surface area contributed by atoms with Crippen molar-refractivity contribution >= 4 is 11.9 Å². The lowest BCUT2D eigenvalue weighted by atomic mass is 9.91. The first-order valence-electron chi connectivity index (χ1n) is 4.92. The molecule has 0 aliphatic rings. The van der Waals surface area contributed by atoms with Crippen LogP contribution in [0.25, 0.3) is 0 Å². The monoisotopic (exact) mass is 218 g/mol. The fourth-order valence-electron chi connectivity index (χ4n) is 1.28. The van der Waals surface area contributed by atoms with E-state index in [1.54, 1.807) is 13.8 Å². The molecular weight excluding hydrogens is 200 g/mol. The third kappa shape index (κ3) is 4.78. The number of rotatable bonds is 7. The molecule has 2 atom stereocenters. The topological polar surface area (TPSA) is 72.8 Å². The minimum absolute atomic E-state index is 0.194. The van der Waals surface area contributed by atoms with Gasteiger partial charge in [-0.2, -0.15) is 0 Å². The number of carbonyl (C=O) groups excluding carboxylic acids is 1. The Bertz CT molecular complexity index is 214. The molecule has 1 N–H and O–H groups in total. The number of carboxylic acid groups (broad SMARTS) is 1.